The van der Waals surface area contributed by atoms with Gasteiger partial charge in [0.25, 0.3) is 0 Å². The van der Waals surface area contributed by atoms with Crippen molar-refractivity contribution in [3.8, 4) is 0 Å². The molecule has 0 saturated heterocycles. The van der Waals surface area contributed by atoms with Crippen LogP contribution in [0.15, 0.2) is 0 Å². The molecular formula is C15H31N. The van der Waals surface area contributed by atoms with E-state index < -0.39 is 0 Å². The highest BCUT2D eigenvalue weighted by Crippen LogP contribution is 2.28. The number of nitrogens with two attached hydrogens (primary N) is 1. The summed E-state index contributed by atoms with van der Waals surface area (Å²) in [5.41, 5.74) is 5.47. The number of rotatable bonds is 9. The van der Waals surface area contributed by atoms with Gasteiger partial charge in [0.2, 0.25) is 0 Å². The Hall–Kier alpha value is -0.0400. The van der Waals surface area contributed by atoms with Crippen LogP contribution in [0.3, 0.4) is 0 Å². The van der Waals surface area contributed by atoms with Crippen LogP contribution >= 0.6 is 0 Å². The van der Waals surface area contributed by atoms with Crippen LogP contribution < -0.4 is 5.73 Å². The standard InChI is InChI=1S/C15H31N/c16-14-10-5-3-1-2-4-7-11-15-12-8-6-9-13-15/h15H,1-14,16H2. The summed E-state index contributed by atoms with van der Waals surface area (Å²) in [5, 5.41) is 0. The van der Waals surface area contributed by atoms with E-state index in [2.05, 4.69) is 0 Å². The zero-order chi connectivity index (χ0) is 11.5. The molecule has 1 fully saturated rings. The molecule has 0 atom stereocenters. The Bertz CT molecular complexity index is 138. The fraction of sp³-hybridized carbons (Fsp3) is 1.00. The second-order valence-corrected chi connectivity index (χ2v) is 5.56. The van der Waals surface area contributed by atoms with Crippen LogP contribution in [0.5, 0.6) is 0 Å². The maximum absolute atomic E-state index is 5.47. The van der Waals surface area contributed by atoms with E-state index in [4.69, 9.17) is 5.73 Å². The molecule has 1 rings (SSSR count). The molecule has 96 valence electrons. The van der Waals surface area contributed by atoms with E-state index in [0.717, 1.165) is 12.5 Å². The number of unbranched alkanes of at least 4 members (excludes halogenated alkanes) is 6. The Kier molecular flexibility index (Phi) is 8.88. The van der Waals surface area contributed by atoms with Gasteiger partial charge in [0.15, 0.2) is 0 Å². The van der Waals surface area contributed by atoms with Crippen LogP contribution in [0.1, 0.15) is 83.5 Å². The lowest BCUT2D eigenvalue weighted by Gasteiger charge is -2.21. The zero-order valence-electron chi connectivity index (χ0n) is 11.1. The molecule has 0 aromatic heterocycles. The first-order valence-electron chi connectivity index (χ1n) is 7.63. The molecule has 1 heteroatoms. The fourth-order valence-electron chi connectivity index (χ4n) is 2.94. The largest absolute Gasteiger partial charge is 0.330 e. The highest BCUT2D eigenvalue weighted by Gasteiger charge is 2.12. The van der Waals surface area contributed by atoms with Crippen LogP contribution in [0.2, 0.25) is 0 Å². The van der Waals surface area contributed by atoms with E-state index in [0.29, 0.717) is 0 Å². The lowest BCUT2D eigenvalue weighted by molar-refractivity contribution is 0.328. The monoisotopic (exact) mass is 225 g/mol. The van der Waals surface area contributed by atoms with Gasteiger partial charge in [0.05, 0.1) is 0 Å². The quantitative estimate of drug-likeness (QED) is 0.568. The molecule has 0 spiro atoms. The minimum atomic E-state index is 0.877. The molecule has 1 aliphatic rings. The SMILES string of the molecule is NCCCCCCCCCC1CCCCC1. The van der Waals surface area contributed by atoms with Gasteiger partial charge in [-0.2, -0.15) is 0 Å². The third-order valence-electron chi connectivity index (χ3n) is 4.04. The molecule has 1 saturated carbocycles. The molecular weight excluding hydrogens is 194 g/mol. The average molecular weight is 225 g/mol. The van der Waals surface area contributed by atoms with Gasteiger partial charge in [0, 0.05) is 0 Å². The molecule has 0 aromatic carbocycles. The summed E-state index contributed by atoms with van der Waals surface area (Å²) >= 11 is 0. The maximum atomic E-state index is 5.47. The van der Waals surface area contributed by atoms with Crippen LogP contribution in [0.25, 0.3) is 0 Å². The maximum Gasteiger partial charge on any atom is -0.00773 e. The molecule has 0 heterocycles. The van der Waals surface area contributed by atoms with Crippen molar-refractivity contribution in [1.82, 2.24) is 0 Å². The Morgan fingerprint density at radius 1 is 0.688 bits per heavy atom. The Balaban J connectivity index is 1.77. The van der Waals surface area contributed by atoms with E-state index in [1.165, 1.54) is 83.5 Å². The van der Waals surface area contributed by atoms with E-state index in [9.17, 15) is 0 Å². The molecule has 0 amide bonds. The summed E-state index contributed by atoms with van der Waals surface area (Å²) in [6.07, 6.45) is 18.9. The van der Waals surface area contributed by atoms with Gasteiger partial charge in [-0.3, -0.25) is 0 Å². The van der Waals surface area contributed by atoms with Crippen molar-refractivity contribution < 1.29 is 0 Å². The summed E-state index contributed by atoms with van der Waals surface area (Å²) in [4.78, 5) is 0. The molecule has 2 N–H and O–H groups in total. The molecule has 0 aliphatic heterocycles. The number of hydrogen-bond donors (Lipinski definition) is 1. The third kappa shape index (κ3) is 7.27. The Morgan fingerprint density at radius 3 is 1.88 bits per heavy atom. The first kappa shape index (κ1) is 14.0. The predicted molar refractivity (Wildman–Crippen MR) is 72.6 cm³/mol. The van der Waals surface area contributed by atoms with Crippen molar-refractivity contribution in [2.24, 2.45) is 11.7 Å². The van der Waals surface area contributed by atoms with Crippen molar-refractivity contribution in [3.63, 3.8) is 0 Å². The first-order chi connectivity index (χ1) is 7.93. The van der Waals surface area contributed by atoms with Crippen LogP contribution in [0.4, 0.5) is 0 Å². The average Bonchev–Trinajstić information content (AvgIpc) is 2.34. The van der Waals surface area contributed by atoms with Gasteiger partial charge in [-0.25, -0.2) is 0 Å². The lowest BCUT2D eigenvalue weighted by Crippen LogP contribution is -2.05. The van der Waals surface area contributed by atoms with Crippen molar-refractivity contribution >= 4 is 0 Å². The first-order valence-corrected chi connectivity index (χ1v) is 7.63. The minimum absolute atomic E-state index is 0.877. The molecule has 16 heavy (non-hydrogen) atoms. The summed E-state index contributed by atoms with van der Waals surface area (Å²) in [5.74, 6) is 1.09. The van der Waals surface area contributed by atoms with Crippen molar-refractivity contribution in [2.45, 2.75) is 83.5 Å². The zero-order valence-corrected chi connectivity index (χ0v) is 11.1. The number of hydrogen-bond acceptors (Lipinski definition) is 1. The summed E-state index contributed by atoms with van der Waals surface area (Å²) < 4.78 is 0. The fourth-order valence-corrected chi connectivity index (χ4v) is 2.94. The summed E-state index contributed by atoms with van der Waals surface area (Å²) in [6, 6.07) is 0. The lowest BCUT2D eigenvalue weighted by atomic mass is 9.85. The van der Waals surface area contributed by atoms with Crippen LogP contribution in [0, 0.1) is 5.92 Å². The molecule has 1 aliphatic carbocycles. The second-order valence-electron chi connectivity index (χ2n) is 5.56. The van der Waals surface area contributed by atoms with E-state index in [1.807, 2.05) is 0 Å². The van der Waals surface area contributed by atoms with E-state index in [-0.39, 0.29) is 0 Å². The van der Waals surface area contributed by atoms with Crippen LogP contribution in [-0.2, 0) is 0 Å². The van der Waals surface area contributed by atoms with Gasteiger partial charge < -0.3 is 5.73 Å². The Morgan fingerprint density at radius 2 is 1.25 bits per heavy atom. The molecule has 0 unspecified atom stereocenters. The predicted octanol–water partition coefficient (Wildman–Crippen LogP) is 4.65. The van der Waals surface area contributed by atoms with E-state index in [1.54, 1.807) is 0 Å². The summed E-state index contributed by atoms with van der Waals surface area (Å²) in [7, 11) is 0. The second kappa shape index (κ2) is 10.1. The minimum Gasteiger partial charge on any atom is -0.330 e. The van der Waals surface area contributed by atoms with Gasteiger partial charge in [-0.15, -0.1) is 0 Å². The highest BCUT2D eigenvalue weighted by atomic mass is 14.5. The molecule has 0 bridgehead atoms. The normalized spacial score (nSPS) is 17.8. The third-order valence-corrected chi connectivity index (χ3v) is 4.04. The van der Waals surface area contributed by atoms with Crippen molar-refractivity contribution in [1.29, 1.82) is 0 Å². The molecule has 1 nitrogen and oxygen atoms in total. The smallest absolute Gasteiger partial charge is 0.00773 e. The highest BCUT2D eigenvalue weighted by molar-refractivity contribution is 4.65. The van der Waals surface area contributed by atoms with Gasteiger partial charge >= 0.3 is 0 Å². The van der Waals surface area contributed by atoms with Gasteiger partial charge in [-0.05, 0) is 18.9 Å². The van der Waals surface area contributed by atoms with E-state index >= 15 is 0 Å². The summed E-state index contributed by atoms with van der Waals surface area (Å²) in [6.45, 7) is 0.877. The molecule has 0 aromatic rings. The topological polar surface area (TPSA) is 26.0 Å². The van der Waals surface area contributed by atoms with Crippen molar-refractivity contribution in [3.05, 3.63) is 0 Å². The van der Waals surface area contributed by atoms with Crippen molar-refractivity contribution in [2.75, 3.05) is 6.54 Å². The van der Waals surface area contributed by atoms with Gasteiger partial charge in [0.1, 0.15) is 0 Å². The van der Waals surface area contributed by atoms with Crippen LogP contribution in [-0.4, -0.2) is 6.54 Å². The Labute approximate surface area is 102 Å². The van der Waals surface area contributed by atoms with Gasteiger partial charge in [-0.1, -0.05) is 77.0 Å². The molecule has 0 radical (unpaired) electrons.